The summed E-state index contributed by atoms with van der Waals surface area (Å²) in [5.41, 5.74) is 3.97. The number of benzene rings is 3. The number of piperazine rings is 1. The Hall–Kier alpha value is -4.37. The molecule has 2 amide bonds. The molecule has 1 atom stereocenters. The average molecular weight is 596 g/mol. The van der Waals surface area contributed by atoms with Gasteiger partial charge in [-0.1, -0.05) is 42.5 Å². The minimum absolute atomic E-state index is 0.236. The fraction of sp³-hybridized carbons (Fsp3) is 0.400. The summed E-state index contributed by atoms with van der Waals surface area (Å²) in [4.78, 5) is 39.0. The Morgan fingerprint density at radius 1 is 0.886 bits per heavy atom. The summed E-state index contributed by atoms with van der Waals surface area (Å²) in [7, 11) is 3.19. The number of ether oxygens (including phenoxy) is 2. The van der Waals surface area contributed by atoms with Crippen LogP contribution in [0.25, 0.3) is 0 Å². The number of hydrogen-bond donors (Lipinski definition) is 1. The number of fused-ring (bicyclic) bond motifs is 1. The zero-order valence-corrected chi connectivity index (χ0v) is 25.6. The lowest BCUT2D eigenvalue weighted by molar-refractivity contribution is 0.0572. The topological polar surface area (TPSA) is 86.7 Å². The van der Waals surface area contributed by atoms with E-state index in [-0.39, 0.29) is 11.8 Å². The molecule has 230 valence electrons. The third-order valence-corrected chi connectivity index (χ3v) is 8.85. The van der Waals surface area contributed by atoms with Crippen molar-refractivity contribution in [1.82, 2.24) is 15.1 Å². The predicted octanol–water partition coefficient (Wildman–Crippen LogP) is 4.93. The molecule has 0 radical (unpaired) electrons. The Morgan fingerprint density at radius 3 is 2.41 bits per heavy atom. The van der Waals surface area contributed by atoms with Crippen molar-refractivity contribution in [3.05, 3.63) is 89.0 Å². The zero-order chi connectivity index (χ0) is 30.5. The van der Waals surface area contributed by atoms with E-state index >= 15 is 0 Å². The number of carbonyl (C=O) groups excluding carboxylic acids is 2. The van der Waals surface area contributed by atoms with E-state index in [9.17, 15) is 9.59 Å². The average Bonchev–Trinajstić information content (AvgIpc) is 3.68. The van der Waals surface area contributed by atoms with Crippen molar-refractivity contribution in [1.29, 1.82) is 0 Å². The normalized spacial score (nSPS) is 17.5. The molecule has 1 fully saturated rings. The number of amides is 2. The Balaban J connectivity index is 1.23. The summed E-state index contributed by atoms with van der Waals surface area (Å²) in [6, 6.07) is 21.4. The van der Waals surface area contributed by atoms with Crippen molar-refractivity contribution in [2.45, 2.75) is 38.3 Å². The van der Waals surface area contributed by atoms with Crippen LogP contribution < -0.4 is 19.7 Å². The standard InChI is InChI=1S/C35H41N5O4/c1-43-30-16-15-26(23-31(30)44-2)28(13-7-17-36-32-14-8-18-37-32)40-34(41)27-11-6-12-29(33(27)35(40)42)39-21-19-38(20-22-39)24-25-9-4-3-5-10-25/h3-6,9-12,15-16,23,28H,7-8,13-14,17-22,24H2,1-2H3,(H,36,37)/t28-/m1/s1. The smallest absolute Gasteiger partial charge is 0.264 e. The van der Waals surface area contributed by atoms with Gasteiger partial charge in [0.15, 0.2) is 11.5 Å². The molecule has 3 aliphatic rings. The monoisotopic (exact) mass is 595 g/mol. The molecule has 9 nitrogen and oxygen atoms in total. The minimum Gasteiger partial charge on any atom is -0.493 e. The minimum atomic E-state index is -0.454. The van der Waals surface area contributed by atoms with Crippen molar-refractivity contribution in [2.24, 2.45) is 4.99 Å². The van der Waals surface area contributed by atoms with E-state index in [1.54, 1.807) is 20.3 Å². The summed E-state index contributed by atoms with van der Waals surface area (Å²) in [5, 5.41) is 3.44. The predicted molar refractivity (Wildman–Crippen MR) is 172 cm³/mol. The molecular weight excluding hydrogens is 554 g/mol. The highest BCUT2D eigenvalue weighted by molar-refractivity contribution is 6.24. The molecule has 1 N–H and O–H groups in total. The lowest BCUT2D eigenvalue weighted by Crippen LogP contribution is -2.46. The van der Waals surface area contributed by atoms with Crippen molar-refractivity contribution in [3.8, 4) is 11.5 Å². The van der Waals surface area contributed by atoms with Gasteiger partial charge in [-0.05, 0) is 54.7 Å². The molecule has 1 saturated heterocycles. The van der Waals surface area contributed by atoms with E-state index in [4.69, 9.17) is 9.47 Å². The summed E-state index contributed by atoms with van der Waals surface area (Å²) in [6.07, 6.45) is 3.42. The molecule has 9 heteroatoms. The van der Waals surface area contributed by atoms with E-state index in [0.717, 1.165) is 82.2 Å². The molecule has 44 heavy (non-hydrogen) atoms. The number of amidine groups is 1. The molecule has 3 heterocycles. The van der Waals surface area contributed by atoms with Gasteiger partial charge in [-0.2, -0.15) is 0 Å². The molecule has 3 aromatic rings. The van der Waals surface area contributed by atoms with Crippen molar-refractivity contribution in [3.63, 3.8) is 0 Å². The first-order valence-corrected chi connectivity index (χ1v) is 15.6. The van der Waals surface area contributed by atoms with Crippen LogP contribution in [0.3, 0.4) is 0 Å². The van der Waals surface area contributed by atoms with Crippen LogP contribution in [-0.2, 0) is 6.54 Å². The summed E-state index contributed by atoms with van der Waals surface area (Å²) < 4.78 is 11.1. The highest BCUT2D eigenvalue weighted by atomic mass is 16.5. The lowest BCUT2D eigenvalue weighted by atomic mass is 9.99. The van der Waals surface area contributed by atoms with Crippen LogP contribution >= 0.6 is 0 Å². The maximum absolute atomic E-state index is 14.3. The van der Waals surface area contributed by atoms with Crippen molar-refractivity contribution >= 4 is 23.3 Å². The van der Waals surface area contributed by atoms with Gasteiger partial charge >= 0.3 is 0 Å². The van der Waals surface area contributed by atoms with Crippen LogP contribution in [-0.4, -0.2) is 80.9 Å². The molecule has 3 aliphatic heterocycles. The molecule has 6 rings (SSSR count). The Kier molecular flexibility index (Phi) is 9.12. The largest absolute Gasteiger partial charge is 0.493 e. The molecule has 0 unspecified atom stereocenters. The SMILES string of the molecule is COc1ccc([C@@H](CCCNC2=NCCC2)N2C(=O)c3cccc(N4CCN(Cc5ccccc5)CC4)c3C2=O)cc1OC. The zero-order valence-electron chi connectivity index (χ0n) is 25.6. The van der Waals surface area contributed by atoms with Crippen LogP contribution in [0, 0.1) is 0 Å². The number of anilines is 1. The summed E-state index contributed by atoms with van der Waals surface area (Å²) >= 11 is 0. The van der Waals surface area contributed by atoms with E-state index in [0.29, 0.717) is 29.0 Å². The number of aliphatic imine (C=N–C) groups is 1. The van der Waals surface area contributed by atoms with Gasteiger partial charge in [-0.15, -0.1) is 0 Å². The number of nitrogens with one attached hydrogen (secondary N) is 1. The number of carbonyl (C=O) groups is 2. The molecule has 3 aromatic carbocycles. The highest BCUT2D eigenvalue weighted by Crippen LogP contribution is 2.40. The van der Waals surface area contributed by atoms with Crippen molar-refractivity contribution < 1.29 is 19.1 Å². The van der Waals surface area contributed by atoms with Crippen LogP contribution in [0.2, 0.25) is 0 Å². The number of hydrogen-bond acceptors (Lipinski definition) is 8. The third kappa shape index (κ3) is 6.15. The van der Waals surface area contributed by atoms with E-state index in [2.05, 4.69) is 44.4 Å². The van der Waals surface area contributed by atoms with Gasteiger partial charge in [-0.3, -0.25) is 24.4 Å². The molecule has 0 aliphatic carbocycles. The van der Waals surface area contributed by atoms with Crippen molar-refractivity contribution in [2.75, 3.05) is 58.4 Å². The molecule has 0 saturated carbocycles. The second-order valence-corrected chi connectivity index (χ2v) is 11.6. The van der Waals surface area contributed by atoms with Gasteiger partial charge in [0, 0.05) is 52.2 Å². The van der Waals surface area contributed by atoms with E-state index in [1.807, 2.05) is 36.4 Å². The fourth-order valence-electron chi connectivity index (χ4n) is 6.54. The van der Waals surface area contributed by atoms with Crippen LogP contribution in [0.4, 0.5) is 5.69 Å². The Morgan fingerprint density at radius 2 is 1.68 bits per heavy atom. The first kappa shape index (κ1) is 29.7. The highest BCUT2D eigenvalue weighted by Gasteiger charge is 2.43. The second kappa shape index (κ2) is 13.5. The van der Waals surface area contributed by atoms with Gasteiger partial charge in [0.2, 0.25) is 0 Å². The third-order valence-electron chi connectivity index (χ3n) is 8.85. The van der Waals surface area contributed by atoms with Gasteiger partial charge < -0.3 is 19.7 Å². The van der Waals surface area contributed by atoms with Crippen LogP contribution in [0.5, 0.6) is 11.5 Å². The van der Waals surface area contributed by atoms with Crippen LogP contribution in [0.15, 0.2) is 71.7 Å². The first-order valence-electron chi connectivity index (χ1n) is 15.6. The maximum atomic E-state index is 14.3. The Bertz CT molecular complexity index is 1520. The second-order valence-electron chi connectivity index (χ2n) is 11.6. The van der Waals surface area contributed by atoms with E-state index in [1.165, 1.54) is 10.5 Å². The Labute approximate surface area is 259 Å². The number of rotatable bonds is 11. The summed E-state index contributed by atoms with van der Waals surface area (Å²) in [6.45, 7) is 5.86. The fourth-order valence-corrected chi connectivity index (χ4v) is 6.54. The van der Waals surface area contributed by atoms with Gasteiger partial charge in [0.05, 0.1) is 42.9 Å². The first-order chi connectivity index (χ1) is 21.6. The number of imide groups is 1. The maximum Gasteiger partial charge on any atom is 0.264 e. The number of nitrogens with zero attached hydrogens (tertiary/aromatic N) is 4. The van der Waals surface area contributed by atoms with Gasteiger partial charge in [-0.25, -0.2) is 0 Å². The molecule has 0 aromatic heterocycles. The van der Waals surface area contributed by atoms with Gasteiger partial charge in [0.1, 0.15) is 0 Å². The van der Waals surface area contributed by atoms with E-state index < -0.39 is 6.04 Å². The summed E-state index contributed by atoms with van der Waals surface area (Å²) in [5.74, 6) is 1.73. The molecule has 0 spiro atoms. The van der Waals surface area contributed by atoms with Crippen LogP contribution in [0.1, 0.15) is 63.6 Å². The number of methoxy groups -OCH3 is 2. The molecular formula is C35H41N5O4. The van der Waals surface area contributed by atoms with Gasteiger partial charge in [0.25, 0.3) is 11.8 Å². The molecule has 0 bridgehead atoms. The quantitative estimate of drug-likeness (QED) is 0.249. The lowest BCUT2D eigenvalue weighted by Gasteiger charge is -2.36.